The Morgan fingerprint density at radius 1 is 1.00 bits per heavy atom. The number of nitrogens with one attached hydrogen (secondary N) is 2. The summed E-state index contributed by atoms with van der Waals surface area (Å²) in [6.45, 7) is 0. The number of H-pyrrole nitrogens is 1. The largest absolute Gasteiger partial charge is 0.456 e. The number of amides is 1. The zero-order valence-electron chi connectivity index (χ0n) is 15.6. The number of hydrogen-bond acceptors (Lipinski definition) is 5. The topological polar surface area (TPSA) is 106 Å². The molecule has 0 aliphatic heterocycles. The second kappa shape index (κ2) is 7.86. The van der Waals surface area contributed by atoms with E-state index >= 15 is 0 Å². The Morgan fingerprint density at radius 3 is 2.45 bits per heavy atom. The number of aromatic amines is 1. The van der Waals surface area contributed by atoms with Crippen molar-refractivity contribution in [3.8, 4) is 17.1 Å². The SMILES string of the molecule is O=C(Nc1cn(-c2ccccc2)nc1C(=O)C(F)(F)F)c1cccc(-c2ccn[nH]2)n1. The van der Waals surface area contributed by atoms with E-state index in [9.17, 15) is 22.8 Å². The number of halogens is 3. The van der Waals surface area contributed by atoms with Crippen molar-refractivity contribution < 1.29 is 22.8 Å². The highest BCUT2D eigenvalue weighted by molar-refractivity contribution is 6.09. The molecule has 4 rings (SSSR count). The molecule has 4 aromatic rings. The number of para-hydroxylation sites is 1. The molecular formula is C20H13F3N6O2. The van der Waals surface area contributed by atoms with Crippen LogP contribution in [0.1, 0.15) is 21.0 Å². The van der Waals surface area contributed by atoms with Gasteiger partial charge < -0.3 is 5.32 Å². The third kappa shape index (κ3) is 4.20. The Kier molecular flexibility index (Phi) is 5.07. The summed E-state index contributed by atoms with van der Waals surface area (Å²) in [5.74, 6) is -2.97. The maximum Gasteiger partial charge on any atom is 0.456 e. The number of ketones is 1. The Balaban J connectivity index is 1.69. The standard InChI is InChI=1S/C20H13F3N6O2/c21-20(22,23)18(30)17-16(11-29(28-17)12-5-2-1-3-6-12)26-19(31)15-8-4-7-13(25-15)14-9-10-24-27-14/h1-11H,(H,24,27)(H,26,31). The molecule has 0 unspecified atom stereocenters. The third-order valence-electron chi connectivity index (χ3n) is 4.21. The fraction of sp³-hybridized carbons (Fsp3) is 0.0500. The fourth-order valence-electron chi connectivity index (χ4n) is 2.78. The smallest absolute Gasteiger partial charge is 0.317 e. The van der Waals surface area contributed by atoms with Crippen LogP contribution in [0.4, 0.5) is 18.9 Å². The number of alkyl halides is 3. The number of benzene rings is 1. The van der Waals surface area contributed by atoms with Crippen molar-refractivity contribution in [2.75, 3.05) is 5.32 Å². The number of pyridine rings is 1. The molecule has 0 fully saturated rings. The van der Waals surface area contributed by atoms with Gasteiger partial charge in [-0.2, -0.15) is 23.4 Å². The van der Waals surface area contributed by atoms with Crippen molar-refractivity contribution in [3.63, 3.8) is 0 Å². The van der Waals surface area contributed by atoms with Gasteiger partial charge in [0.25, 0.3) is 11.7 Å². The van der Waals surface area contributed by atoms with Crippen LogP contribution in [0.3, 0.4) is 0 Å². The molecule has 8 nitrogen and oxygen atoms in total. The van der Waals surface area contributed by atoms with Crippen LogP contribution in [-0.2, 0) is 0 Å². The van der Waals surface area contributed by atoms with Crippen molar-refractivity contribution in [2.45, 2.75) is 6.18 Å². The van der Waals surface area contributed by atoms with E-state index in [-0.39, 0.29) is 11.4 Å². The van der Waals surface area contributed by atoms with Crippen LogP contribution < -0.4 is 5.32 Å². The maximum atomic E-state index is 13.1. The highest BCUT2D eigenvalue weighted by Crippen LogP contribution is 2.27. The Labute approximate surface area is 172 Å². The first-order valence-corrected chi connectivity index (χ1v) is 8.88. The van der Waals surface area contributed by atoms with Crippen LogP contribution in [0.25, 0.3) is 17.1 Å². The van der Waals surface area contributed by atoms with Gasteiger partial charge in [0, 0.05) is 6.20 Å². The minimum absolute atomic E-state index is 0.0648. The molecule has 1 amide bonds. The first-order valence-electron chi connectivity index (χ1n) is 8.88. The van der Waals surface area contributed by atoms with E-state index in [1.807, 2.05) is 0 Å². The van der Waals surface area contributed by atoms with Crippen LogP contribution in [0.5, 0.6) is 0 Å². The normalized spacial score (nSPS) is 11.3. The summed E-state index contributed by atoms with van der Waals surface area (Å²) in [5.41, 5.74) is 0.0131. The lowest BCUT2D eigenvalue weighted by Gasteiger charge is -2.07. The Morgan fingerprint density at radius 2 is 1.77 bits per heavy atom. The average Bonchev–Trinajstić information content (AvgIpc) is 3.44. The molecule has 0 atom stereocenters. The lowest BCUT2D eigenvalue weighted by molar-refractivity contribution is -0.0888. The molecule has 0 aliphatic carbocycles. The lowest BCUT2D eigenvalue weighted by atomic mass is 10.2. The molecule has 2 N–H and O–H groups in total. The minimum Gasteiger partial charge on any atom is -0.317 e. The van der Waals surface area contributed by atoms with Crippen molar-refractivity contribution in [1.82, 2.24) is 25.0 Å². The van der Waals surface area contributed by atoms with Gasteiger partial charge in [0.2, 0.25) is 0 Å². The molecule has 11 heteroatoms. The number of nitrogens with zero attached hydrogens (tertiary/aromatic N) is 4. The number of aromatic nitrogens is 5. The van der Waals surface area contributed by atoms with E-state index in [1.165, 1.54) is 12.3 Å². The predicted octanol–water partition coefficient (Wildman–Crippen LogP) is 3.65. The van der Waals surface area contributed by atoms with Crippen molar-refractivity contribution >= 4 is 17.4 Å². The Bertz CT molecular complexity index is 1230. The van der Waals surface area contributed by atoms with Crippen molar-refractivity contribution in [3.05, 3.63) is 78.4 Å². The third-order valence-corrected chi connectivity index (χ3v) is 4.21. The quantitative estimate of drug-likeness (QED) is 0.474. The molecule has 0 bridgehead atoms. The van der Waals surface area contributed by atoms with Gasteiger partial charge in [-0.05, 0) is 30.3 Å². The number of rotatable bonds is 5. The summed E-state index contributed by atoms with van der Waals surface area (Å²) in [5, 5.41) is 12.6. The summed E-state index contributed by atoms with van der Waals surface area (Å²) in [7, 11) is 0. The molecule has 156 valence electrons. The van der Waals surface area contributed by atoms with Crippen molar-refractivity contribution in [2.24, 2.45) is 0 Å². The second-order valence-electron chi connectivity index (χ2n) is 6.33. The van der Waals surface area contributed by atoms with E-state index in [0.717, 1.165) is 10.9 Å². The molecule has 0 saturated heterocycles. The highest BCUT2D eigenvalue weighted by Gasteiger charge is 2.42. The number of carbonyl (C=O) groups excluding carboxylic acids is 2. The summed E-state index contributed by atoms with van der Waals surface area (Å²) in [6, 6.07) is 14.5. The second-order valence-corrected chi connectivity index (χ2v) is 6.33. The zero-order valence-corrected chi connectivity index (χ0v) is 15.6. The Hall–Kier alpha value is -4.28. The first-order chi connectivity index (χ1) is 14.8. The van der Waals surface area contributed by atoms with Crippen molar-refractivity contribution in [1.29, 1.82) is 0 Å². The van der Waals surface area contributed by atoms with Gasteiger partial charge in [-0.25, -0.2) is 9.67 Å². The number of anilines is 1. The van der Waals surface area contributed by atoms with E-state index in [2.05, 4.69) is 25.6 Å². The molecule has 0 aliphatic rings. The van der Waals surface area contributed by atoms with Crippen LogP contribution in [-0.4, -0.2) is 42.8 Å². The number of hydrogen-bond donors (Lipinski definition) is 2. The molecule has 0 spiro atoms. The van der Waals surface area contributed by atoms with Crippen LogP contribution in [0.2, 0.25) is 0 Å². The monoisotopic (exact) mass is 426 g/mol. The highest BCUT2D eigenvalue weighted by atomic mass is 19.4. The molecule has 3 aromatic heterocycles. The van der Waals surface area contributed by atoms with Gasteiger partial charge in [0.05, 0.1) is 29.0 Å². The first kappa shape index (κ1) is 20.0. The van der Waals surface area contributed by atoms with Gasteiger partial charge in [-0.1, -0.05) is 24.3 Å². The maximum absolute atomic E-state index is 13.1. The van der Waals surface area contributed by atoms with E-state index in [1.54, 1.807) is 48.5 Å². The van der Waals surface area contributed by atoms with Gasteiger partial charge in [0.15, 0.2) is 5.69 Å². The summed E-state index contributed by atoms with van der Waals surface area (Å²) in [6.07, 6.45) is -2.50. The van der Waals surface area contributed by atoms with Crippen LogP contribution in [0, 0.1) is 0 Å². The van der Waals surface area contributed by atoms with Crippen LogP contribution in [0.15, 0.2) is 67.0 Å². The molecule has 1 aromatic carbocycles. The van der Waals surface area contributed by atoms with Gasteiger partial charge in [-0.3, -0.25) is 14.7 Å². The number of carbonyl (C=O) groups is 2. The molecule has 0 saturated carbocycles. The molecular weight excluding hydrogens is 413 g/mol. The lowest BCUT2D eigenvalue weighted by Crippen LogP contribution is -2.25. The zero-order chi connectivity index (χ0) is 22.0. The predicted molar refractivity (Wildman–Crippen MR) is 104 cm³/mol. The molecule has 3 heterocycles. The number of Topliss-reactive ketones (excluding diaryl/α,β-unsaturated/α-hetero) is 1. The summed E-state index contributed by atoms with van der Waals surface area (Å²) in [4.78, 5) is 28.7. The average molecular weight is 426 g/mol. The molecule has 0 radical (unpaired) electrons. The van der Waals surface area contributed by atoms with E-state index in [0.29, 0.717) is 17.1 Å². The summed E-state index contributed by atoms with van der Waals surface area (Å²) >= 11 is 0. The van der Waals surface area contributed by atoms with Crippen LogP contribution >= 0.6 is 0 Å². The van der Waals surface area contributed by atoms with E-state index in [4.69, 9.17) is 0 Å². The molecule has 31 heavy (non-hydrogen) atoms. The van der Waals surface area contributed by atoms with Gasteiger partial charge >= 0.3 is 6.18 Å². The summed E-state index contributed by atoms with van der Waals surface area (Å²) < 4.78 is 40.3. The fourth-order valence-corrected chi connectivity index (χ4v) is 2.78. The van der Waals surface area contributed by atoms with E-state index < -0.39 is 23.6 Å². The minimum atomic E-state index is -5.16. The van der Waals surface area contributed by atoms with Gasteiger partial charge in [-0.15, -0.1) is 0 Å². The van der Waals surface area contributed by atoms with Gasteiger partial charge in [0.1, 0.15) is 5.69 Å².